The van der Waals surface area contributed by atoms with Crippen LogP contribution in [0, 0.1) is 10.1 Å². The smallest absolute Gasteiger partial charge is 0.270 e. The van der Waals surface area contributed by atoms with Gasteiger partial charge in [0.15, 0.2) is 0 Å². The molecule has 2 aromatic carbocycles. The second-order valence-electron chi connectivity index (χ2n) is 9.17. The molecule has 0 saturated carbocycles. The van der Waals surface area contributed by atoms with Crippen LogP contribution in [0.4, 0.5) is 5.69 Å². The Morgan fingerprint density at radius 1 is 1.13 bits per heavy atom. The number of nitrogens with zero attached hydrogens (tertiary/aromatic N) is 6. The van der Waals surface area contributed by atoms with Crippen molar-refractivity contribution in [2.75, 3.05) is 19.6 Å². The third kappa shape index (κ3) is 5.15. The number of nitro benzene ring substituents is 1. The maximum absolute atomic E-state index is 13.6. The topological polar surface area (TPSA) is 114 Å². The van der Waals surface area contributed by atoms with E-state index in [9.17, 15) is 19.7 Å². The lowest BCUT2D eigenvalue weighted by Crippen LogP contribution is -2.55. The quantitative estimate of drug-likeness (QED) is 0.237. The number of benzene rings is 2. The molecule has 200 valence electrons. The van der Waals surface area contributed by atoms with Crippen LogP contribution in [0.25, 0.3) is 16.4 Å². The fourth-order valence-electron chi connectivity index (χ4n) is 4.72. The maximum Gasteiger partial charge on any atom is 0.270 e. The van der Waals surface area contributed by atoms with Crippen molar-refractivity contribution < 1.29 is 14.5 Å². The second-order valence-corrected chi connectivity index (χ2v) is 10.4. The van der Waals surface area contributed by atoms with E-state index in [4.69, 9.17) is 16.6 Å². The third-order valence-corrected chi connectivity index (χ3v) is 7.88. The van der Waals surface area contributed by atoms with E-state index in [0.717, 1.165) is 17.0 Å². The van der Waals surface area contributed by atoms with E-state index >= 15 is 0 Å². The zero-order chi connectivity index (χ0) is 27.7. The summed E-state index contributed by atoms with van der Waals surface area (Å²) in [5, 5.41) is 18.2. The fraction of sp³-hybridized carbons (Fsp3) is 0.259. The number of aromatic nitrogens is 3. The standard InChI is InChI=1S/C27H25ClN6O4S/c1-3-24-21(14-29-33(24)27-30-23(16-39-27)18-7-5-4-6-8-18)25(35)31-11-12-32(17(2)15-31)26(36)20-10-9-19(34(37)38)13-22(20)28/h4-10,13-14,16-17H,3,11-12,15H2,1-2H3. The molecule has 4 aromatic rings. The largest absolute Gasteiger partial charge is 0.335 e. The van der Waals surface area contributed by atoms with Crippen molar-refractivity contribution in [1.82, 2.24) is 24.6 Å². The lowest BCUT2D eigenvalue weighted by Gasteiger charge is -2.40. The number of carbonyl (C=O) groups excluding carboxylic acids is 2. The number of nitro groups is 1. The average molecular weight is 565 g/mol. The van der Waals surface area contributed by atoms with Crippen LogP contribution in [-0.4, -0.2) is 67.0 Å². The fourth-order valence-corrected chi connectivity index (χ4v) is 5.79. The molecule has 0 radical (unpaired) electrons. The molecule has 0 aliphatic carbocycles. The van der Waals surface area contributed by atoms with Crippen LogP contribution in [0.3, 0.4) is 0 Å². The normalized spacial score (nSPS) is 15.4. The predicted molar refractivity (Wildman–Crippen MR) is 149 cm³/mol. The van der Waals surface area contributed by atoms with Gasteiger partial charge < -0.3 is 9.80 Å². The molecule has 1 aliphatic heterocycles. The minimum absolute atomic E-state index is 0.0255. The van der Waals surface area contributed by atoms with Gasteiger partial charge in [-0.25, -0.2) is 9.67 Å². The van der Waals surface area contributed by atoms with Crippen molar-refractivity contribution in [2.24, 2.45) is 0 Å². The van der Waals surface area contributed by atoms with E-state index in [2.05, 4.69) is 5.10 Å². The molecule has 1 aliphatic rings. The van der Waals surface area contributed by atoms with E-state index in [1.54, 1.807) is 20.7 Å². The number of non-ortho nitro benzene ring substituents is 1. The van der Waals surface area contributed by atoms with Crippen molar-refractivity contribution in [3.63, 3.8) is 0 Å². The molecule has 1 unspecified atom stereocenters. The van der Waals surface area contributed by atoms with Gasteiger partial charge in [-0.15, -0.1) is 11.3 Å². The SMILES string of the molecule is CCc1c(C(=O)N2CCN(C(=O)c3ccc([N+](=O)[O-])cc3Cl)C(C)C2)cnn1-c1nc(-c2ccccc2)cs1. The first-order valence-electron chi connectivity index (χ1n) is 12.4. The van der Waals surface area contributed by atoms with Gasteiger partial charge in [0.1, 0.15) is 0 Å². The van der Waals surface area contributed by atoms with Gasteiger partial charge in [-0.2, -0.15) is 5.10 Å². The van der Waals surface area contributed by atoms with E-state index in [1.807, 2.05) is 49.6 Å². The highest BCUT2D eigenvalue weighted by Crippen LogP contribution is 2.28. The summed E-state index contributed by atoms with van der Waals surface area (Å²) in [5.74, 6) is -0.472. The minimum Gasteiger partial charge on any atom is -0.335 e. The molecule has 2 amide bonds. The molecule has 1 fully saturated rings. The average Bonchev–Trinajstić information content (AvgIpc) is 3.60. The number of amides is 2. The lowest BCUT2D eigenvalue weighted by molar-refractivity contribution is -0.384. The summed E-state index contributed by atoms with van der Waals surface area (Å²) < 4.78 is 1.73. The van der Waals surface area contributed by atoms with Gasteiger partial charge in [-0.1, -0.05) is 48.9 Å². The van der Waals surface area contributed by atoms with E-state index < -0.39 is 4.92 Å². The summed E-state index contributed by atoms with van der Waals surface area (Å²) in [7, 11) is 0. The molecule has 2 aromatic heterocycles. The molecule has 39 heavy (non-hydrogen) atoms. The number of carbonyl (C=O) groups is 2. The molecule has 0 N–H and O–H groups in total. The van der Waals surface area contributed by atoms with Crippen LogP contribution in [0.2, 0.25) is 5.02 Å². The summed E-state index contributed by atoms with van der Waals surface area (Å²) in [6, 6.07) is 13.4. The van der Waals surface area contributed by atoms with Crippen molar-refractivity contribution in [1.29, 1.82) is 0 Å². The molecule has 3 heterocycles. The number of thiazole rings is 1. The van der Waals surface area contributed by atoms with Crippen LogP contribution in [0.15, 0.2) is 60.1 Å². The zero-order valence-corrected chi connectivity index (χ0v) is 22.9. The molecular formula is C27H25ClN6O4S. The molecule has 1 saturated heterocycles. The first-order valence-corrected chi connectivity index (χ1v) is 13.7. The molecule has 10 nitrogen and oxygen atoms in total. The van der Waals surface area contributed by atoms with E-state index in [1.165, 1.54) is 29.5 Å². The van der Waals surface area contributed by atoms with Gasteiger partial charge in [0.05, 0.1) is 38.7 Å². The van der Waals surface area contributed by atoms with E-state index in [-0.39, 0.29) is 34.1 Å². The molecular weight excluding hydrogens is 540 g/mol. The first kappa shape index (κ1) is 26.5. The molecule has 5 rings (SSSR count). The number of rotatable bonds is 6. The number of hydrogen-bond acceptors (Lipinski definition) is 7. The Morgan fingerprint density at radius 2 is 1.90 bits per heavy atom. The Kier molecular flexibility index (Phi) is 7.45. The van der Waals surface area contributed by atoms with Crippen LogP contribution in [-0.2, 0) is 6.42 Å². The Labute approximate surface area is 233 Å². The van der Waals surface area contributed by atoms with Gasteiger partial charge in [0, 0.05) is 48.8 Å². The van der Waals surface area contributed by atoms with Crippen LogP contribution < -0.4 is 0 Å². The van der Waals surface area contributed by atoms with Crippen molar-refractivity contribution in [3.8, 4) is 16.4 Å². The molecule has 12 heteroatoms. The van der Waals surface area contributed by atoms with Crippen molar-refractivity contribution >= 4 is 40.4 Å². The Balaban J connectivity index is 1.31. The summed E-state index contributed by atoms with van der Waals surface area (Å²) in [4.78, 5) is 45.3. The summed E-state index contributed by atoms with van der Waals surface area (Å²) in [6.07, 6.45) is 2.18. The number of hydrogen-bond donors (Lipinski definition) is 0. The third-order valence-electron chi connectivity index (χ3n) is 6.75. The number of halogens is 1. The highest BCUT2D eigenvalue weighted by Gasteiger charge is 2.33. The first-order chi connectivity index (χ1) is 18.8. The van der Waals surface area contributed by atoms with Crippen molar-refractivity contribution in [3.05, 3.63) is 92.1 Å². The van der Waals surface area contributed by atoms with Gasteiger partial charge >= 0.3 is 0 Å². The second kappa shape index (κ2) is 11.0. The van der Waals surface area contributed by atoms with Crippen LogP contribution >= 0.6 is 22.9 Å². The number of piperazine rings is 1. The summed E-state index contributed by atoms with van der Waals surface area (Å²) in [5.41, 5.74) is 3.17. The lowest BCUT2D eigenvalue weighted by atomic mass is 10.1. The molecule has 0 spiro atoms. The molecule has 0 bridgehead atoms. The van der Waals surface area contributed by atoms with Crippen molar-refractivity contribution in [2.45, 2.75) is 26.3 Å². The molecule has 1 atom stereocenters. The van der Waals surface area contributed by atoms with Gasteiger partial charge in [-0.3, -0.25) is 19.7 Å². The summed E-state index contributed by atoms with van der Waals surface area (Å²) in [6.45, 7) is 4.81. The van der Waals surface area contributed by atoms with Crippen LogP contribution in [0.1, 0.15) is 40.3 Å². The Bertz CT molecular complexity index is 1550. The Morgan fingerprint density at radius 3 is 2.56 bits per heavy atom. The van der Waals surface area contributed by atoms with Crippen LogP contribution in [0.5, 0.6) is 0 Å². The van der Waals surface area contributed by atoms with Gasteiger partial charge in [0.25, 0.3) is 17.5 Å². The highest BCUT2D eigenvalue weighted by molar-refractivity contribution is 7.12. The van der Waals surface area contributed by atoms with Gasteiger partial charge in [-0.05, 0) is 19.4 Å². The van der Waals surface area contributed by atoms with Gasteiger partial charge in [0.2, 0.25) is 5.13 Å². The summed E-state index contributed by atoms with van der Waals surface area (Å²) >= 11 is 7.65. The van der Waals surface area contributed by atoms with E-state index in [0.29, 0.717) is 36.8 Å². The predicted octanol–water partition coefficient (Wildman–Crippen LogP) is 5.11. The maximum atomic E-state index is 13.6. The monoisotopic (exact) mass is 564 g/mol. The minimum atomic E-state index is -0.559. The zero-order valence-electron chi connectivity index (χ0n) is 21.3. The highest BCUT2D eigenvalue weighted by atomic mass is 35.5. The Hall–Kier alpha value is -4.09.